The quantitative estimate of drug-likeness (QED) is 0.693. The lowest BCUT2D eigenvalue weighted by atomic mass is 9.83. The normalized spacial score (nSPS) is 32.4. The third-order valence-corrected chi connectivity index (χ3v) is 7.18. The zero-order chi connectivity index (χ0) is 17.4. The van der Waals surface area contributed by atoms with Gasteiger partial charge in [0.1, 0.15) is 11.4 Å². The Kier molecular flexibility index (Phi) is 4.98. The number of hydrogen-bond acceptors (Lipinski definition) is 2. The van der Waals surface area contributed by atoms with Gasteiger partial charge in [-0.05, 0) is 62.1 Å². The highest BCUT2D eigenvalue weighted by atomic mass is 35.5. The Labute approximate surface area is 155 Å². The molecule has 3 unspecified atom stereocenters. The second-order valence-electron chi connectivity index (χ2n) is 8.28. The maximum absolute atomic E-state index is 15.8. The van der Waals surface area contributed by atoms with Crippen LogP contribution in [0.25, 0.3) is 0 Å². The van der Waals surface area contributed by atoms with Gasteiger partial charge in [0.25, 0.3) is 0 Å². The van der Waals surface area contributed by atoms with Crippen LogP contribution in [0.1, 0.15) is 56.9 Å². The van der Waals surface area contributed by atoms with Gasteiger partial charge >= 0.3 is 0 Å². The Morgan fingerprint density at radius 2 is 1.96 bits per heavy atom. The number of benzene rings is 1. The van der Waals surface area contributed by atoms with Crippen molar-refractivity contribution in [2.45, 2.75) is 63.1 Å². The van der Waals surface area contributed by atoms with E-state index in [0.29, 0.717) is 35.2 Å². The minimum absolute atomic E-state index is 0.538. The lowest BCUT2D eigenvalue weighted by Crippen LogP contribution is -2.47. The van der Waals surface area contributed by atoms with Crippen LogP contribution in [-0.2, 0) is 5.67 Å². The number of halogens is 2. The second kappa shape index (κ2) is 7.08. The summed E-state index contributed by atoms with van der Waals surface area (Å²) < 4.78 is 21.2. The minimum Gasteiger partial charge on any atom is -0.496 e. The molecule has 2 bridgehead atoms. The topological polar surface area (TPSA) is 12.5 Å². The van der Waals surface area contributed by atoms with Crippen LogP contribution in [0.3, 0.4) is 0 Å². The van der Waals surface area contributed by atoms with E-state index in [9.17, 15) is 0 Å². The molecule has 0 spiro atoms. The Bertz CT molecular complexity index is 614. The molecule has 25 heavy (non-hydrogen) atoms. The molecular weight excluding hydrogens is 337 g/mol. The number of hydrogen-bond donors (Lipinski definition) is 0. The van der Waals surface area contributed by atoms with Crippen LogP contribution >= 0.6 is 11.6 Å². The summed E-state index contributed by atoms with van der Waals surface area (Å²) >= 11 is 6.13. The standard InChI is InChI=1S/C21H29ClFNO/c1-25-20-8-7-17(22)14-18(20)21(23)9-11-24(12-10-21)19-4-2-3-15-5-6-16(19)13-15/h7-8,14-16,19H,2-6,9-13H2,1H3. The van der Waals surface area contributed by atoms with Crippen LogP contribution in [0.5, 0.6) is 5.75 Å². The molecule has 1 heterocycles. The predicted octanol–water partition coefficient (Wildman–Crippen LogP) is 5.58. The number of likely N-dealkylation sites (tertiary alicyclic amines) is 1. The van der Waals surface area contributed by atoms with E-state index in [4.69, 9.17) is 16.3 Å². The number of fused-ring (bicyclic) bond motifs is 2. The van der Waals surface area contributed by atoms with E-state index in [0.717, 1.165) is 24.9 Å². The van der Waals surface area contributed by atoms with Gasteiger partial charge in [-0.2, -0.15) is 0 Å². The summed E-state index contributed by atoms with van der Waals surface area (Å²) in [5, 5.41) is 0.580. The highest BCUT2D eigenvalue weighted by molar-refractivity contribution is 6.30. The van der Waals surface area contributed by atoms with Crippen LogP contribution in [0, 0.1) is 11.8 Å². The van der Waals surface area contributed by atoms with Crippen molar-refractivity contribution in [3.05, 3.63) is 28.8 Å². The first-order valence-electron chi connectivity index (χ1n) is 9.86. The molecule has 1 aromatic carbocycles. The number of piperidine rings is 1. The van der Waals surface area contributed by atoms with Crippen molar-refractivity contribution in [3.8, 4) is 5.75 Å². The van der Waals surface area contributed by atoms with Crippen molar-refractivity contribution in [3.63, 3.8) is 0 Å². The van der Waals surface area contributed by atoms with Crippen LogP contribution in [-0.4, -0.2) is 31.1 Å². The predicted molar refractivity (Wildman–Crippen MR) is 100 cm³/mol. The maximum Gasteiger partial charge on any atom is 0.142 e. The van der Waals surface area contributed by atoms with Gasteiger partial charge in [-0.3, -0.25) is 4.90 Å². The molecule has 4 heteroatoms. The van der Waals surface area contributed by atoms with Gasteiger partial charge in [-0.25, -0.2) is 4.39 Å². The Morgan fingerprint density at radius 3 is 2.72 bits per heavy atom. The highest BCUT2D eigenvalue weighted by Gasteiger charge is 2.43. The van der Waals surface area contributed by atoms with E-state index in [1.807, 2.05) is 0 Å². The van der Waals surface area contributed by atoms with Crippen molar-refractivity contribution in [2.24, 2.45) is 11.8 Å². The molecule has 2 nitrogen and oxygen atoms in total. The molecule has 0 N–H and O–H groups in total. The van der Waals surface area contributed by atoms with Crippen molar-refractivity contribution in [1.29, 1.82) is 0 Å². The van der Waals surface area contributed by atoms with Crippen molar-refractivity contribution >= 4 is 11.6 Å². The summed E-state index contributed by atoms with van der Waals surface area (Å²) in [6.45, 7) is 1.69. The molecule has 0 amide bonds. The van der Waals surface area contributed by atoms with Crippen molar-refractivity contribution in [2.75, 3.05) is 20.2 Å². The van der Waals surface area contributed by atoms with E-state index >= 15 is 4.39 Å². The summed E-state index contributed by atoms with van der Waals surface area (Å²) in [5.41, 5.74) is -0.695. The molecule has 0 aromatic heterocycles. The maximum atomic E-state index is 15.8. The molecule has 2 saturated carbocycles. The second-order valence-corrected chi connectivity index (χ2v) is 8.72. The fourth-order valence-electron chi connectivity index (χ4n) is 5.57. The third-order valence-electron chi connectivity index (χ3n) is 6.94. The first-order chi connectivity index (χ1) is 12.1. The smallest absolute Gasteiger partial charge is 0.142 e. The molecular formula is C21H29ClFNO. The summed E-state index contributed by atoms with van der Waals surface area (Å²) in [6, 6.07) is 5.99. The van der Waals surface area contributed by atoms with Gasteiger partial charge in [0.15, 0.2) is 0 Å². The largest absolute Gasteiger partial charge is 0.496 e. The van der Waals surface area contributed by atoms with Crippen LogP contribution in [0.2, 0.25) is 5.02 Å². The summed E-state index contributed by atoms with van der Waals surface area (Å²) in [5.74, 6) is 2.43. The molecule has 1 aromatic rings. The summed E-state index contributed by atoms with van der Waals surface area (Å²) in [7, 11) is 1.60. The van der Waals surface area contributed by atoms with E-state index in [2.05, 4.69) is 4.90 Å². The number of ether oxygens (including phenoxy) is 1. The van der Waals surface area contributed by atoms with E-state index < -0.39 is 5.67 Å². The average molecular weight is 366 g/mol. The number of rotatable bonds is 3. The van der Waals surface area contributed by atoms with Gasteiger partial charge in [0.05, 0.1) is 7.11 Å². The molecule has 3 fully saturated rings. The van der Waals surface area contributed by atoms with Crippen molar-refractivity contribution < 1.29 is 9.13 Å². The van der Waals surface area contributed by atoms with E-state index in [1.165, 1.54) is 38.5 Å². The first kappa shape index (κ1) is 17.6. The molecule has 1 aliphatic heterocycles. The van der Waals surface area contributed by atoms with Crippen LogP contribution in [0.15, 0.2) is 18.2 Å². The van der Waals surface area contributed by atoms with Gasteiger partial charge < -0.3 is 4.74 Å². The zero-order valence-corrected chi connectivity index (χ0v) is 15.9. The molecule has 4 rings (SSSR count). The Balaban J connectivity index is 1.48. The average Bonchev–Trinajstić information content (AvgIpc) is 2.97. The van der Waals surface area contributed by atoms with Gasteiger partial charge in [-0.1, -0.05) is 30.9 Å². The van der Waals surface area contributed by atoms with Crippen LogP contribution < -0.4 is 4.74 Å². The molecule has 2 aliphatic carbocycles. The Hall–Kier alpha value is -0.800. The Morgan fingerprint density at radius 1 is 1.16 bits per heavy atom. The van der Waals surface area contributed by atoms with Crippen LogP contribution in [0.4, 0.5) is 4.39 Å². The minimum atomic E-state index is -1.32. The number of alkyl halides is 1. The molecule has 1 saturated heterocycles. The monoisotopic (exact) mass is 365 g/mol. The fourth-order valence-corrected chi connectivity index (χ4v) is 5.74. The molecule has 3 atom stereocenters. The number of methoxy groups -OCH3 is 1. The summed E-state index contributed by atoms with van der Waals surface area (Å²) in [4.78, 5) is 2.59. The zero-order valence-electron chi connectivity index (χ0n) is 15.1. The van der Waals surface area contributed by atoms with Gasteiger partial charge in [0.2, 0.25) is 0 Å². The lowest BCUT2D eigenvalue weighted by molar-refractivity contribution is 0.0183. The highest BCUT2D eigenvalue weighted by Crippen LogP contribution is 2.46. The summed E-state index contributed by atoms with van der Waals surface area (Å²) in [6.07, 6.45) is 9.35. The van der Waals surface area contributed by atoms with E-state index in [-0.39, 0.29) is 0 Å². The number of nitrogens with zero attached hydrogens (tertiary/aromatic N) is 1. The lowest BCUT2D eigenvalue weighted by Gasteiger charge is -2.43. The van der Waals surface area contributed by atoms with E-state index in [1.54, 1.807) is 25.3 Å². The molecule has 3 aliphatic rings. The van der Waals surface area contributed by atoms with Crippen molar-refractivity contribution in [1.82, 2.24) is 4.90 Å². The molecule has 0 radical (unpaired) electrons. The molecule has 138 valence electrons. The SMILES string of the molecule is COc1ccc(Cl)cc1C1(F)CCN(C2CCCC3CCC2C3)CC1. The van der Waals surface area contributed by atoms with Gasteiger partial charge in [-0.15, -0.1) is 0 Å². The fraction of sp³-hybridized carbons (Fsp3) is 0.714. The first-order valence-corrected chi connectivity index (χ1v) is 10.2. The third kappa shape index (κ3) is 3.42. The van der Waals surface area contributed by atoms with Gasteiger partial charge in [0, 0.05) is 29.7 Å².